The van der Waals surface area contributed by atoms with Crippen LogP contribution in [0.2, 0.25) is 0 Å². The van der Waals surface area contributed by atoms with Gasteiger partial charge in [0.2, 0.25) is 5.82 Å². The molecule has 2 aromatic heterocycles. The van der Waals surface area contributed by atoms with Crippen LogP contribution < -0.4 is 10.6 Å². The molecule has 0 aliphatic heterocycles. The number of nitrogens with one attached hydrogen (secondary N) is 2. The van der Waals surface area contributed by atoms with Crippen LogP contribution in [0.4, 0.5) is 0 Å². The predicted octanol–water partition coefficient (Wildman–Crippen LogP) is 1.16. The Balaban J connectivity index is 2.18. The van der Waals surface area contributed by atoms with Crippen LogP contribution in [0.5, 0.6) is 0 Å². The fourth-order valence-electron chi connectivity index (χ4n) is 2.36. The van der Waals surface area contributed by atoms with Crippen molar-refractivity contribution in [2.24, 2.45) is 0 Å². The van der Waals surface area contributed by atoms with E-state index in [1.165, 1.54) is 0 Å². The highest BCUT2D eigenvalue weighted by atomic mass is 16.2. The zero-order valence-corrected chi connectivity index (χ0v) is 14.5. The summed E-state index contributed by atoms with van der Waals surface area (Å²) < 4.78 is 1.65. The predicted molar refractivity (Wildman–Crippen MR) is 93.3 cm³/mol. The second-order valence-electron chi connectivity index (χ2n) is 5.91. The van der Waals surface area contributed by atoms with Gasteiger partial charge >= 0.3 is 0 Å². The Bertz CT molecular complexity index is 708. The molecule has 2 amide bonds. The Hall–Kier alpha value is -2.41. The second-order valence-corrected chi connectivity index (χ2v) is 5.91. The first-order valence-electron chi connectivity index (χ1n) is 8.22. The van der Waals surface area contributed by atoms with E-state index in [2.05, 4.69) is 20.5 Å². The van der Waals surface area contributed by atoms with Crippen molar-refractivity contribution < 1.29 is 9.59 Å². The summed E-state index contributed by atoms with van der Waals surface area (Å²) in [5.74, 6) is -0.297. The van der Waals surface area contributed by atoms with Crippen LogP contribution in [0.1, 0.15) is 40.9 Å². The second kappa shape index (κ2) is 8.44. The third-order valence-corrected chi connectivity index (χ3v) is 3.57. The van der Waals surface area contributed by atoms with Crippen molar-refractivity contribution >= 4 is 17.3 Å². The number of fused-ring (bicyclic) bond motifs is 1. The van der Waals surface area contributed by atoms with E-state index in [1.807, 2.05) is 33.2 Å². The van der Waals surface area contributed by atoms with Gasteiger partial charge in [0.05, 0.1) is 5.52 Å². The summed E-state index contributed by atoms with van der Waals surface area (Å²) in [5.41, 5.74) is 0.909. The molecule has 0 saturated heterocycles. The molecule has 0 fully saturated rings. The van der Waals surface area contributed by atoms with Gasteiger partial charge < -0.3 is 15.5 Å². The van der Waals surface area contributed by atoms with Crippen molar-refractivity contribution in [2.45, 2.75) is 19.8 Å². The van der Waals surface area contributed by atoms with Gasteiger partial charge in [-0.2, -0.15) is 0 Å². The van der Waals surface area contributed by atoms with E-state index in [1.54, 1.807) is 16.7 Å². The SMILES string of the molecule is CCCNC(=O)c1nc(C(=O)NCCCN(C)C)c2ccccn12. The largest absolute Gasteiger partial charge is 0.351 e. The van der Waals surface area contributed by atoms with Gasteiger partial charge in [0.25, 0.3) is 11.8 Å². The minimum Gasteiger partial charge on any atom is -0.351 e. The molecule has 0 saturated carbocycles. The first-order valence-corrected chi connectivity index (χ1v) is 8.22. The first-order chi connectivity index (χ1) is 11.5. The van der Waals surface area contributed by atoms with E-state index in [-0.39, 0.29) is 23.3 Å². The maximum atomic E-state index is 12.4. The van der Waals surface area contributed by atoms with E-state index in [4.69, 9.17) is 0 Å². The van der Waals surface area contributed by atoms with Gasteiger partial charge in [0.15, 0.2) is 5.69 Å². The maximum absolute atomic E-state index is 12.4. The van der Waals surface area contributed by atoms with Crippen molar-refractivity contribution in [1.29, 1.82) is 0 Å². The molecule has 0 bridgehead atoms. The summed E-state index contributed by atoms with van der Waals surface area (Å²) in [6, 6.07) is 5.43. The molecule has 7 heteroatoms. The number of hydrogen-bond acceptors (Lipinski definition) is 4. The van der Waals surface area contributed by atoms with E-state index in [0.717, 1.165) is 19.4 Å². The van der Waals surface area contributed by atoms with Gasteiger partial charge in [0, 0.05) is 19.3 Å². The standard InChI is InChI=1S/C17H25N5O2/c1-4-9-18-17(24)15-20-14(13-8-5-6-12-22(13)15)16(23)19-10-7-11-21(2)3/h5-6,8,12H,4,7,9-11H2,1-3H3,(H,18,24)(H,19,23). The van der Waals surface area contributed by atoms with Crippen LogP contribution in [0, 0.1) is 0 Å². The van der Waals surface area contributed by atoms with Crippen LogP contribution in [-0.2, 0) is 0 Å². The van der Waals surface area contributed by atoms with E-state index in [9.17, 15) is 9.59 Å². The van der Waals surface area contributed by atoms with Crippen molar-refractivity contribution in [3.8, 4) is 0 Å². The summed E-state index contributed by atoms with van der Waals surface area (Å²) in [4.78, 5) is 31.0. The molecule has 0 spiro atoms. The fraction of sp³-hybridized carbons (Fsp3) is 0.471. The van der Waals surface area contributed by atoms with Crippen molar-refractivity contribution in [3.05, 3.63) is 35.9 Å². The van der Waals surface area contributed by atoms with Gasteiger partial charge in [0.1, 0.15) is 0 Å². The van der Waals surface area contributed by atoms with Crippen LogP contribution in [0.3, 0.4) is 0 Å². The van der Waals surface area contributed by atoms with Crippen LogP contribution in [0.15, 0.2) is 24.4 Å². The van der Waals surface area contributed by atoms with E-state index < -0.39 is 0 Å². The summed E-state index contributed by atoms with van der Waals surface area (Å²) >= 11 is 0. The number of hydrogen-bond donors (Lipinski definition) is 2. The smallest absolute Gasteiger partial charge is 0.287 e. The Kier molecular flexibility index (Phi) is 6.31. The molecule has 2 N–H and O–H groups in total. The van der Waals surface area contributed by atoms with Crippen molar-refractivity contribution in [2.75, 3.05) is 33.7 Å². The zero-order valence-electron chi connectivity index (χ0n) is 14.5. The van der Waals surface area contributed by atoms with E-state index >= 15 is 0 Å². The molecule has 0 aliphatic rings. The molecule has 0 radical (unpaired) electrons. The number of carbonyl (C=O) groups excluding carboxylic acids is 2. The Labute approximate surface area is 142 Å². The summed E-state index contributed by atoms with van der Waals surface area (Å²) in [6.45, 7) is 4.03. The molecule has 0 unspecified atom stereocenters. The topological polar surface area (TPSA) is 78.7 Å². The van der Waals surface area contributed by atoms with Gasteiger partial charge in [-0.15, -0.1) is 0 Å². The molecule has 130 valence electrons. The highest BCUT2D eigenvalue weighted by Gasteiger charge is 2.20. The molecule has 2 rings (SSSR count). The lowest BCUT2D eigenvalue weighted by atomic mass is 10.3. The molecule has 0 aliphatic carbocycles. The van der Waals surface area contributed by atoms with E-state index in [0.29, 0.717) is 18.6 Å². The lowest BCUT2D eigenvalue weighted by Gasteiger charge is -2.09. The molecule has 0 atom stereocenters. The minimum atomic E-state index is -0.273. The van der Waals surface area contributed by atoms with Crippen molar-refractivity contribution in [1.82, 2.24) is 24.9 Å². The number of rotatable bonds is 8. The molecule has 24 heavy (non-hydrogen) atoms. The molecular formula is C17H25N5O2. The third-order valence-electron chi connectivity index (χ3n) is 3.57. The van der Waals surface area contributed by atoms with Crippen LogP contribution in [0.25, 0.3) is 5.52 Å². The average molecular weight is 331 g/mol. The van der Waals surface area contributed by atoms with Crippen LogP contribution in [-0.4, -0.2) is 59.8 Å². The van der Waals surface area contributed by atoms with Gasteiger partial charge in [-0.25, -0.2) is 4.98 Å². The number of aromatic nitrogens is 2. The number of imidazole rings is 1. The highest BCUT2D eigenvalue weighted by Crippen LogP contribution is 2.13. The average Bonchev–Trinajstić information content (AvgIpc) is 2.96. The van der Waals surface area contributed by atoms with Gasteiger partial charge in [-0.1, -0.05) is 13.0 Å². The monoisotopic (exact) mass is 331 g/mol. The lowest BCUT2D eigenvalue weighted by molar-refractivity contribution is 0.0942. The highest BCUT2D eigenvalue weighted by molar-refractivity contribution is 6.02. The number of pyridine rings is 1. The first kappa shape index (κ1) is 17.9. The Morgan fingerprint density at radius 3 is 2.62 bits per heavy atom. The fourth-order valence-corrected chi connectivity index (χ4v) is 2.36. The molecule has 2 aromatic rings. The quantitative estimate of drug-likeness (QED) is 0.712. The number of carbonyl (C=O) groups is 2. The lowest BCUT2D eigenvalue weighted by Crippen LogP contribution is -2.28. The van der Waals surface area contributed by atoms with Crippen molar-refractivity contribution in [3.63, 3.8) is 0 Å². The maximum Gasteiger partial charge on any atom is 0.287 e. The summed E-state index contributed by atoms with van der Waals surface area (Å²) in [7, 11) is 3.98. The molecule has 7 nitrogen and oxygen atoms in total. The third kappa shape index (κ3) is 4.32. The zero-order chi connectivity index (χ0) is 17.5. The normalized spacial score (nSPS) is 11.0. The Morgan fingerprint density at radius 1 is 1.17 bits per heavy atom. The summed E-state index contributed by atoms with van der Waals surface area (Å²) in [5, 5.41) is 5.67. The van der Waals surface area contributed by atoms with Gasteiger partial charge in [-0.05, 0) is 45.6 Å². The van der Waals surface area contributed by atoms with Crippen LogP contribution >= 0.6 is 0 Å². The number of nitrogens with zero attached hydrogens (tertiary/aromatic N) is 3. The number of amides is 2. The molecular weight excluding hydrogens is 306 g/mol. The minimum absolute atomic E-state index is 0.234. The summed E-state index contributed by atoms with van der Waals surface area (Å²) in [6.07, 6.45) is 3.44. The molecule has 2 heterocycles. The molecule has 0 aromatic carbocycles. The Morgan fingerprint density at radius 2 is 1.92 bits per heavy atom. The van der Waals surface area contributed by atoms with Gasteiger partial charge in [-0.3, -0.25) is 14.0 Å².